The second kappa shape index (κ2) is 8.61. The van der Waals surface area contributed by atoms with Crippen molar-refractivity contribution >= 4 is 33.3 Å². The van der Waals surface area contributed by atoms with Crippen LogP contribution in [-0.4, -0.2) is 46.2 Å². The molecular weight excluding hydrogens is 388 g/mol. The van der Waals surface area contributed by atoms with E-state index < -0.39 is 22.5 Å². The number of ether oxygens (including phenoxy) is 2. The van der Waals surface area contributed by atoms with Crippen LogP contribution in [0.2, 0.25) is 0 Å². The smallest absolute Gasteiger partial charge is 0.324 e. The van der Waals surface area contributed by atoms with Crippen LogP contribution in [-0.2, 0) is 19.6 Å². The molecule has 0 heterocycles. The number of aliphatic carboxylic acids is 1. The molecule has 2 aromatic carbocycles. The SMILES string of the molecule is COc1ccc(N(CC(=O)O)S(=O)(=O)c2ccc(NC(C)=O)cc2)cc1OC. The van der Waals surface area contributed by atoms with E-state index in [2.05, 4.69) is 5.32 Å². The minimum atomic E-state index is -4.20. The predicted molar refractivity (Wildman–Crippen MR) is 102 cm³/mol. The molecule has 9 nitrogen and oxygen atoms in total. The van der Waals surface area contributed by atoms with Gasteiger partial charge in [0.2, 0.25) is 5.91 Å². The van der Waals surface area contributed by atoms with Crippen LogP contribution in [0.25, 0.3) is 0 Å². The van der Waals surface area contributed by atoms with E-state index in [-0.39, 0.29) is 22.2 Å². The van der Waals surface area contributed by atoms with Gasteiger partial charge >= 0.3 is 5.97 Å². The van der Waals surface area contributed by atoms with Crippen molar-refractivity contribution in [1.29, 1.82) is 0 Å². The average molecular weight is 408 g/mol. The van der Waals surface area contributed by atoms with Crippen LogP contribution >= 0.6 is 0 Å². The number of carboxylic acid groups (broad SMARTS) is 1. The molecule has 0 aliphatic rings. The zero-order valence-corrected chi connectivity index (χ0v) is 16.3. The van der Waals surface area contributed by atoms with Gasteiger partial charge in [-0.25, -0.2) is 8.42 Å². The number of sulfonamides is 1. The Morgan fingerprint density at radius 3 is 2.14 bits per heavy atom. The van der Waals surface area contributed by atoms with Gasteiger partial charge in [0.05, 0.1) is 24.8 Å². The van der Waals surface area contributed by atoms with Crippen molar-refractivity contribution in [3.8, 4) is 11.5 Å². The number of hydrogen-bond donors (Lipinski definition) is 2. The van der Waals surface area contributed by atoms with E-state index in [1.165, 1.54) is 63.6 Å². The van der Waals surface area contributed by atoms with Gasteiger partial charge in [-0.15, -0.1) is 0 Å². The van der Waals surface area contributed by atoms with Crippen LogP contribution in [0.5, 0.6) is 11.5 Å². The monoisotopic (exact) mass is 408 g/mol. The number of hydrogen-bond acceptors (Lipinski definition) is 6. The van der Waals surface area contributed by atoms with Gasteiger partial charge in [0.25, 0.3) is 10.0 Å². The summed E-state index contributed by atoms with van der Waals surface area (Å²) in [7, 11) is -1.38. The van der Waals surface area contributed by atoms with Gasteiger partial charge in [-0.1, -0.05) is 0 Å². The Balaban J connectivity index is 2.49. The van der Waals surface area contributed by atoms with Gasteiger partial charge in [0.1, 0.15) is 6.54 Å². The van der Waals surface area contributed by atoms with E-state index >= 15 is 0 Å². The number of benzene rings is 2. The topological polar surface area (TPSA) is 122 Å². The average Bonchev–Trinajstić information content (AvgIpc) is 2.65. The second-order valence-electron chi connectivity index (χ2n) is 5.65. The van der Waals surface area contributed by atoms with E-state index in [0.717, 1.165) is 4.31 Å². The molecule has 0 unspecified atom stereocenters. The summed E-state index contributed by atoms with van der Waals surface area (Å²) in [6.45, 7) is 0.543. The highest BCUT2D eigenvalue weighted by Gasteiger charge is 2.28. The number of amides is 1. The molecule has 0 fully saturated rings. The summed E-state index contributed by atoms with van der Waals surface area (Å²) < 4.78 is 37.2. The van der Waals surface area contributed by atoms with E-state index in [1.807, 2.05) is 0 Å². The summed E-state index contributed by atoms with van der Waals surface area (Å²) in [6.07, 6.45) is 0. The first-order valence-electron chi connectivity index (χ1n) is 8.03. The Morgan fingerprint density at radius 2 is 1.64 bits per heavy atom. The van der Waals surface area contributed by atoms with Crippen molar-refractivity contribution in [3.05, 3.63) is 42.5 Å². The molecule has 0 bridgehead atoms. The normalized spacial score (nSPS) is 10.8. The molecule has 1 amide bonds. The maximum Gasteiger partial charge on any atom is 0.324 e. The minimum absolute atomic E-state index is 0.103. The highest BCUT2D eigenvalue weighted by molar-refractivity contribution is 7.92. The molecule has 0 atom stereocenters. The molecule has 0 spiro atoms. The van der Waals surface area contributed by atoms with Crippen molar-refractivity contribution in [1.82, 2.24) is 0 Å². The van der Waals surface area contributed by atoms with Crippen LogP contribution in [0.4, 0.5) is 11.4 Å². The van der Waals surface area contributed by atoms with E-state index in [0.29, 0.717) is 11.4 Å². The van der Waals surface area contributed by atoms with Crippen molar-refractivity contribution in [2.75, 3.05) is 30.4 Å². The standard InChI is InChI=1S/C18H20N2O7S/c1-12(21)19-13-4-7-15(8-5-13)28(24,25)20(11-18(22)23)14-6-9-16(26-2)17(10-14)27-3/h4-10H,11H2,1-3H3,(H,19,21)(H,22,23). The summed E-state index contributed by atoms with van der Waals surface area (Å²) in [5.74, 6) is -0.994. The van der Waals surface area contributed by atoms with Crippen molar-refractivity contribution in [2.24, 2.45) is 0 Å². The molecule has 2 aromatic rings. The van der Waals surface area contributed by atoms with Gasteiger partial charge in [0, 0.05) is 18.7 Å². The Labute approximate surface area is 162 Å². The predicted octanol–water partition coefficient (Wildman–Crippen LogP) is 1.94. The van der Waals surface area contributed by atoms with Gasteiger partial charge in [-0.05, 0) is 36.4 Å². The van der Waals surface area contributed by atoms with E-state index in [9.17, 15) is 23.1 Å². The molecule has 0 aliphatic carbocycles. The second-order valence-corrected chi connectivity index (χ2v) is 7.51. The quantitative estimate of drug-likeness (QED) is 0.684. The molecule has 0 radical (unpaired) electrons. The van der Waals surface area contributed by atoms with Gasteiger partial charge < -0.3 is 19.9 Å². The van der Waals surface area contributed by atoms with Crippen LogP contribution < -0.4 is 19.1 Å². The lowest BCUT2D eigenvalue weighted by atomic mass is 10.2. The number of rotatable bonds is 8. The molecule has 150 valence electrons. The van der Waals surface area contributed by atoms with Gasteiger partial charge in [0.15, 0.2) is 11.5 Å². The third-order valence-electron chi connectivity index (χ3n) is 3.70. The Kier molecular flexibility index (Phi) is 6.47. The largest absolute Gasteiger partial charge is 0.493 e. The van der Waals surface area contributed by atoms with Crippen LogP contribution in [0, 0.1) is 0 Å². The number of carbonyl (C=O) groups excluding carboxylic acids is 1. The molecular formula is C18H20N2O7S. The Bertz CT molecular complexity index is 972. The summed E-state index contributed by atoms with van der Waals surface area (Å²) in [4.78, 5) is 22.3. The third-order valence-corrected chi connectivity index (χ3v) is 5.48. The summed E-state index contributed by atoms with van der Waals surface area (Å²) in [5.41, 5.74) is 0.522. The zero-order chi connectivity index (χ0) is 20.9. The molecule has 28 heavy (non-hydrogen) atoms. The van der Waals surface area contributed by atoms with Gasteiger partial charge in [-0.2, -0.15) is 0 Å². The number of carbonyl (C=O) groups is 2. The van der Waals surface area contributed by atoms with Crippen LogP contribution in [0.15, 0.2) is 47.4 Å². The van der Waals surface area contributed by atoms with Crippen molar-refractivity contribution in [3.63, 3.8) is 0 Å². The molecule has 2 rings (SSSR count). The highest BCUT2D eigenvalue weighted by Crippen LogP contribution is 2.33. The first kappa shape index (κ1) is 21.0. The maximum atomic E-state index is 13.1. The first-order valence-corrected chi connectivity index (χ1v) is 9.47. The van der Waals surface area contributed by atoms with Crippen LogP contribution in [0.1, 0.15) is 6.92 Å². The number of carboxylic acids is 1. The highest BCUT2D eigenvalue weighted by atomic mass is 32.2. The van der Waals surface area contributed by atoms with Gasteiger partial charge in [-0.3, -0.25) is 13.9 Å². The fraction of sp³-hybridized carbons (Fsp3) is 0.222. The minimum Gasteiger partial charge on any atom is -0.493 e. The molecule has 0 saturated carbocycles. The number of anilines is 2. The number of methoxy groups -OCH3 is 2. The first-order chi connectivity index (χ1) is 13.2. The van der Waals surface area contributed by atoms with E-state index in [1.54, 1.807) is 0 Å². The zero-order valence-electron chi connectivity index (χ0n) is 15.5. The summed E-state index contributed by atoms with van der Waals surface area (Å²) >= 11 is 0. The fourth-order valence-electron chi connectivity index (χ4n) is 2.46. The molecule has 10 heteroatoms. The fourth-order valence-corrected chi connectivity index (χ4v) is 3.86. The molecule has 2 N–H and O–H groups in total. The summed E-state index contributed by atoms with van der Waals surface area (Å²) in [5, 5.41) is 11.7. The molecule has 0 saturated heterocycles. The molecule has 0 aromatic heterocycles. The molecule has 0 aliphatic heterocycles. The van der Waals surface area contributed by atoms with E-state index in [4.69, 9.17) is 9.47 Å². The van der Waals surface area contributed by atoms with Crippen LogP contribution in [0.3, 0.4) is 0 Å². The number of nitrogens with one attached hydrogen (secondary N) is 1. The lowest BCUT2D eigenvalue weighted by Crippen LogP contribution is -2.35. The Morgan fingerprint density at radius 1 is 1.04 bits per heavy atom. The number of nitrogens with zero attached hydrogens (tertiary/aromatic N) is 1. The third kappa shape index (κ3) is 4.71. The Hall–Kier alpha value is -3.27. The van der Waals surface area contributed by atoms with Crippen molar-refractivity contribution < 1.29 is 32.6 Å². The lowest BCUT2D eigenvalue weighted by molar-refractivity contribution is -0.135. The maximum absolute atomic E-state index is 13.1. The van der Waals surface area contributed by atoms with Crippen molar-refractivity contribution in [2.45, 2.75) is 11.8 Å². The lowest BCUT2D eigenvalue weighted by Gasteiger charge is -2.23. The summed E-state index contributed by atoms with van der Waals surface area (Å²) in [6, 6.07) is 9.70.